The third-order valence-corrected chi connectivity index (χ3v) is 6.34. The molecule has 0 spiro atoms. The molecule has 1 saturated heterocycles. The molecule has 0 amide bonds. The predicted octanol–water partition coefficient (Wildman–Crippen LogP) is 6.72. The summed E-state index contributed by atoms with van der Waals surface area (Å²) in [6.45, 7) is 20.9. The molecular formula is C30H40N6. The summed E-state index contributed by atoms with van der Waals surface area (Å²) in [6.07, 6.45) is 7.43. The van der Waals surface area contributed by atoms with Crippen molar-refractivity contribution in [2.75, 3.05) is 36.4 Å². The fraction of sp³-hybridized carbons (Fsp3) is 0.367. The molecule has 0 radical (unpaired) electrons. The summed E-state index contributed by atoms with van der Waals surface area (Å²) in [5.41, 5.74) is 4.09. The Labute approximate surface area is 216 Å². The third-order valence-electron chi connectivity index (χ3n) is 6.34. The van der Waals surface area contributed by atoms with E-state index in [1.165, 1.54) is 0 Å². The molecule has 3 aromatic rings. The lowest BCUT2D eigenvalue weighted by Crippen LogP contribution is -2.49. The molecule has 0 bridgehead atoms. The monoisotopic (exact) mass is 484 g/mol. The lowest BCUT2D eigenvalue weighted by Gasteiger charge is -2.37. The summed E-state index contributed by atoms with van der Waals surface area (Å²) in [5.74, 6) is 1.77. The number of benzene rings is 1. The van der Waals surface area contributed by atoms with Crippen molar-refractivity contribution < 1.29 is 0 Å². The highest BCUT2D eigenvalue weighted by Gasteiger charge is 2.20. The standard InChI is InChI=1S/C28H34N6.C2H6/c1-6-29-18-21(4)23-7-8-25-19-31-27(16-26(25)15-23)32-22(5)24-9-10-30-28(17-24)34-13-11-33(12-14-34)20(2)3;1-2/h6-10,15-20H,5,11-14H2,1-4H3,(H,31,32);1-2H3/b21-18+,29-6?;. The van der Waals surface area contributed by atoms with Gasteiger partial charge < -0.3 is 10.2 Å². The lowest BCUT2D eigenvalue weighted by atomic mass is 10.0. The van der Waals surface area contributed by atoms with Crippen LogP contribution in [0.2, 0.25) is 0 Å². The molecule has 2 aromatic heterocycles. The number of allylic oxidation sites excluding steroid dienone is 1. The second-order valence-corrected chi connectivity index (χ2v) is 8.97. The molecule has 1 aliphatic heterocycles. The van der Waals surface area contributed by atoms with Crippen LogP contribution in [0.5, 0.6) is 0 Å². The molecule has 3 heterocycles. The third kappa shape index (κ3) is 6.79. The van der Waals surface area contributed by atoms with Crippen molar-refractivity contribution in [3.8, 4) is 0 Å². The zero-order valence-electron chi connectivity index (χ0n) is 22.6. The smallest absolute Gasteiger partial charge is 0.130 e. The summed E-state index contributed by atoms with van der Waals surface area (Å²) in [4.78, 5) is 18.3. The summed E-state index contributed by atoms with van der Waals surface area (Å²) >= 11 is 0. The Hall–Kier alpha value is -3.51. The number of pyridine rings is 2. The van der Waals surface area contributed by atoms with Gasteiger partial charge in [-0.2, -0.15) is 0 Å². The van der Waals surface area contributed by atoms with Gasteiger partial charge in [0.2, 0.25) is 0 Å². The average Bonchev–Trinajstić information content (AvgIpc) is 2.92. The number of nitrogens with one attached hydrogen (secondary N) is 1. The summed E-state index contributed by atoms with van der Waals surface area (Å²) < 4.78 is 0. The number of rotatable bonds is 7. The number of aliphatic imine (C=N–C) groups is 1. The van der Waals surface area contributed by atoms with Gasteiger partial charge in [-0.05, 0) is 68.5 Å². The minimum absolute atomic E-state index is 0.584. The van der Waals surface area contributed by atoms with Crippen LogP contribution < -0.4 is 10.2 Å². The van der Waals surface area contributed by atoms with Crippen LogP contribution in [0.4, 0.5) is 11.6 Å². The first-order valence-electron chi connectivity index (χ1n) is 12.9. The molecule has 190 valence electrons. The van der Waals surface area contributed by atoms with Gasteiger partial charge in [0.25, 0.3) is 0 Å². The average molecular weight is 485 g/mol. The lowest BCUT2D eigenvalue weighted by molar-refractivity contribution is 0.209. The molecule has 6 heteroatoms. The Kier molecular flexibility index (Phi) is 9.77. The highest BCUT2D eigenvalue weighted by molar-refractivity contribution is 5.88. The van der Waals surface area contributed by atoms with Crippen LogP contribution >= 0.6 is 0 Å². The molecule has 1 N–H and O–H groups in total. The van der Waals surface area contributed by atoms with E-state index in [0.717, 1.165) is 71.0 Å². The van der Waals surface area contributed by atoms with Gasteiger partial charge in [-0.15, -0.1) is 0 Å². The van der Waals surface area contributed by atoms with Crippen LogP contribution in [0, 0.1) is 0 Å². The predicted molar refractivity (Wildman–Crippen MR) is 157 cm³/mol. The van der Waals surface area contributed by atoms with Crippen molar-refractivity contribution in [2.45, 2.75) is 47.6 Å². The van der Waals surface area contributed by atoms with Crippen LogP contribution in [-0.2, 0) is 0 Å². The van der Waals surface area contributed by atoms with E-state index < -0.39 is 0 Å². The Morgan fingerprint density at radius 2 is 1.75 bits per heavy atom. The Bertz CT molecular complexity index is 1220. The molecule has 0 saturated carbocycles. The zero-order chi connectivity index (χ0) is 26.1. The maximum Gasteiger partial charge on any atom is 0.130 e. The summed E-state index contributed by atoms with van der Waals surface area (Å²) in [6, 6.07) is 13.1. The topological polar surface area (TPSA) is 56.7 Å². The molecule has 0 unspecified atom stereocenters. The van der Waals surface area contributed by atoms with Crippen LogP contribution in [0.15, 0.2) is 66.6 Å². The van der Waals surface area contributed by atoms with E-state index in [-0.39, 0.29) is 0 Å². The molecule has 1 aromatic carbocycles. The van der Waals surface area contributed by atoms with E-state index in [1.54, 1.807) is 6.21 Å². The second-order valence-electron chi connectivity index (χ2n) is 8.97. The number of hydrogen-bond acceptors (Lipinski definition) is 6. The Morgan fingerprint density at radius 1 is 1.00 bits per heavy atom. The van der Waals surface area contributed by atoms with E-state index in [4.69, 9.17) is 0 Å². The van der Waals surface area contributed by atoms with Crippen molar-refractivity contribution in [2.24, 2.45) is 4.99 Å². The van der Waals surface area contributed by atoms with E-state index >= 15 is 0 Å². The Balaban J connectivity index is 0.00000176. The van der Waals surface area contributed by atoms with E-state index in [2.05, 4.69) is 87.8 Å². The molecular weight excluding hydrogens is 444 g/mol. The maximum atomic E-state index is 4.62. The SMILES string of the molecule is C=C(Nc1cc2cc(/C(C)=C/N=CC)ccc2cn1)c1ccnc(N2CCN(C(C)C)CC2)c1.CC. The van der Waals surface area contributed by atoms with Crippen molar-refractivity contribution in [1.29, 1.82) is 0 Å². The number of aromatic nitrogens is 2. The molecule has 0 atom stereocenters. The van der Waals surface area contributed by atoms with E-state index in [1.807, 2.05) is 45.4 Å². The molecule has 36 heavy (non-hydrogen) atoms. The first kappa shape index (κ1) is 27.1. The van der Waals surface area contributed by atoms with E-state index in [0.29, 0.717) is 6.04 Å². The molecule has 0 aliphatic carbocycles. The minimum Gasteiger partial charge on any atom is -0.354 e. The second kappa shape index (κ2) is 13.0. The Morgan fingerprint density at radius 3 is 2.44 bits per heavy atom. The first-order valence-corrected chi connectivity index (χ1v) is 12.9. The van der Waals surface area contributed by atoms with Gasteiger partial charge in [-0.25, -0.2) is 9.97 Å². The van der Waals surface area contributed by atoms with Gasteiger partial charge in [0.15, 0.2) is 0 Å². The number of nitrogens with zero attached hydrogens (tertiary/aromatic N) is 5. The number of hydrogen-bond donors (Lipinski definition) is 1. The first-order chi connectivity index (χ1) is 17.4. The van der Waals surface area contributed by atoms with Gasteiger partial charge in [-0.1, -0.05) is 32.6 Å². The largest absolute Gasteiger partial charge is 0.354 e. The number of piperazine rings is 1. The minimum atomic E-state index is 0.584. The van der Waals surface area contributed by atoms with Gasteiger partial charge in [0.1, 0.15) is 11.6 Å². The van der Waals surface area contributed by atoms with Gasteiger partial charge in [0.05, 0.1) is 0 Å². The van der Waals surface area contributed by atoms with Gasteiger partial charge in [0, 0.05) is 73.7 Å². The van der Waals surface area contributed by atoms with Crippen LogP contribution in [-0.4, -0.2) is 53.3 Å². The number of anilines is 2. The molecule has 6 nitrogen and oxygen atoms in total. The zero-order valence-corrected chi connectivity index (χ0v) is 22.6. The van der Waals surface area contributed by atoms with Crippen LogP contribution in [0.1, 0.15) is 52.7 Å². The van der Waals surface area contributed by atoms with Crippen LogP contribution in [0.3, 0.4) is 0 Å². The van der Waals surface area contributed by atoms with Gasteiger partial charge in [-0.3, -0.25) is 9.89 Å². The molecule has 1 aliphatic rings. The van der Waals surface area contributed by atoms with Crippen LogP contribution in [0.25, 0.3) is 22.0 Å². The van der Waals surface area contributed by atoms with Gasteiger partial charge >= 0.3 is 0 Å². The number of fused-ring (bicyclic) bond motifs is 1. The highest BCUT2D eigenvalue weighted by Crippen LogP contribution is 2.25. The molecule has 4 rings (SSSR count). The maximum absolute atomic E-state index is 4.62. The summed E-state index contributed by atoms with van der Waals surface area (Å²) in [7, 11) is 0. The molecule has 1 fully saturated rings. The summed E-state index contributed by atoms with van der Waals surface area (Å²) in [5, 5.41) is 5.60. The fourth-order valence-electron chi connectivity index (χ4n) is 4.19. The van der Waals surface area contributed by atoms with Crippen molar-refractivity contribution in [1.82, 2.24) is 14.9 Å². The highest BCUT2D eigenvalue weighted by atomic mass is 15.3. The van der Waals surface area contributed by atoms with Crippen molar-refractivity contribution >= 4 is 39.9 Å². The normalized spacial score (nSPS) is 14.8. The van der Waals surface area contributed by atoms with E-state index in [9.17, 15) is 0 Å². The van der Waals surface area contributed by atoms with Crippen molar-refractivity contribution in [3.63, 3.8) is 0 Å². The fourth-order valence-corrected chi connectivity index (χ4v) is 4.19. The van der Waals surface area contributed by atoms with Crippen molar-refractivity contribution in [3.05, 3.63) is 72.7 Å². The quantitative estimate of drug-likeness (QED) is 0.377.